The van der Waals surface area contributed by atoms with Gasteiger partial charge in [-0.2, -0.15) is 0 Å². The van der Waals surface area contributed by atoms with Crippen LogP contribution >= 0.6 is 35.0 Å². The number of ether oxygens (including phenoxy) is 1. The first-order valence-electron chi connectivity index (χ1n) is 7.19. The molecule has 1 fully saturated rings. The highest BCUT2D eigenvalue weighted by molar-refractivity contribution is 8.00. The predicted molar refractivity (Wildman–Crippen MR) is 91.7 cm³/mol. The van der Waals surface area contributed by atoms with Gasteiger partial charge >= 0.3 is 5.97 Å². The Labute approximate surface area is 153 Å². The second-order valence-corrected chi connectivity index (χ2v) is 7.58. The van der Waals surface area contributed by atoms with E-state index in [4.69, 9.17) is 27.9 Å². The molecule has 128 valence electrons. The zero-order chi connectivity index (χ0) is 17.4. The molecule has 0 unspecified atom stereocenters. The van der Waals surface area contributed by atoms with Crippen molar-refractivity contribution in [1.82, 2.24) is 9.80 Å². The molecule has 0 N–H and O–H groups in total. The van der Waals surface area contributed by atoms with E-state index < -0.39 is 11.8 Å². The first kappa shape index (κ1) is 17.5. The third kappa shape index (κ3) is 3.13. The van der Waals surface area contributed by atoms with E-state index in [0.29, 0.717) is 13.1 Å². The summed E-state index contributed by atoms with van der Waals surface area (Å²) in [6.45, 7) is 1.22. The molecule has 0 aromatic heterocycles. The molecule has 0 spiro atoms. The van der Waals surface area contributed by atoms with Crippen LogP contribution in [-0.4, -0.2) is 65.5 Å². The molecule has 1 atom stereocenters. The van der Waals surface area contributed by atoms with Crippen LogP contribution in [0.3, 0.4) is 0 Å². The summed E-state index contributed by atoms with van der Waals surface area (Å²) < 4.78 is 4.76. The Bertz CT molecular complexity index is 687. The molecule has 1 aromatic rings. The first-order chi connectivity index (χ1) is 11.4. The molecule has 2 heterocycles. The van der Waals surface area contributed by atoms with Crippen LogP contribution in [-0.2, 0) is 9.53 Å². The minimum absolute atomic E-state index is 0.121. The predicted octanol–water partition coefficient (Wildman–Crippen LogP) is 2.14. The molecule has 0 aliphatic carbocycles. The summed E-state index contributed by atoms with van der Waals surface area (Å²) in [5, 5.41) is 0.153. The number of thioether (sulfide) groups is 1. The van der Waals surface area contributed by atoms with Gasteiger partial charge in [0.05, 0.1) is 35.0 Å². The number of nitrogens with zero attached hydrogens (tertiary/aromatic N) is 2. The SMILES string of the molecule is COC(=O)[C@H]1CN(CN2C(=O)c3cc(Cl)c(Cl)cc3C2=O)CCS1. The number of methoxy groups -OCH3 is 1. The molecule has 2 aliphatic heterocycles. The fourth-order valence-electron chi connectivity index (χ4n) is 2.72. The molecule has 2 amide bonds. The fraction of sp³-hybridized carbons (Fsp3) is 0.400. The summed E-state index contributed by atoms with van der Waals surface area (Å²) in [7, 11) is 1.35. The van der Waals surface area contributed by atoms with E-state index in [1.54, 1.807) is 0 Å². The van der Waals surface area contributed by atoms with Crippen molar-refractivity contribution >= 4 is 52.7 Å². The van der Waals surface area contributed by atoms with E-state index in [9.17, 15) is 14.4 Å². The number of carbonyl (C=O) groups excluding carboxylic acids is 3. The summed E-state index contributed by atoms with van der Waals surface area (Å²) in [5.74, 6) is -0.380. The summed E-state index contributed by atoms with van der Waals surface area (Å²) in [5.41, 5.74) is 0.510. The molecule has 0 bridgehead atoms. The Hall–Kier alpha value is -1.28. The minimum Gasteiger partial charge on any atom is -0.468 e. The zero-order valence-corrected chi connectivity index (χ0v) is 15.1. The van der Waals surface area contributed by atoms with E-state index in [0.717, 1.165) is 10.7 Å². The molecule has 9 heteroatoms. The number of esters is 1. The van der Waals surface area contributed by atoms with Crippen molar-refractivity contribution in [3.8, 4) is 0 Å². The monoisotopic (exact) mass is 388 g/mol. The number of amides is 2. The molecule has 6 nitrogen and oxygen atoms in total. The Morgan fingerprint density at radius 3 is 2.38 bits per heavy atom. The van der Waals surface area contributed by atoms with Crippen molar-refractivity contribution in [3.05, 3.63) is 33.3 Å². The summed E-state index contributed by atoms with van der Waals surface area (Å²) >= 11 is 13.4. The Balaban J connectivity index is 1.76. The average molecular weight is 389 g/mol. The van der Waals surface area contributed by atoms with Gasteiger partial charge in [-0.15, -0.1) is 11.8 Å². The molecule has 0 radical (unpaired) electrons. The normalized spacial score (nSPS) is 21.1. The molecule has 24 heavy (non-hydrogen) atoms. The third-order valence-corrected chi connectivity index (χ3v) is 5.85. The van der Waals surface area contributed by atoms with Gasteiger partial charge in [0.2, 0.25) is 0 Å². The summed E-state index contributed by atoms with van der Waals surface area (Å²) in [4.78, 5) is 39.7. The van der Waals surface area contributed by atoms with Crippen molar-refractivity contribution < 1.29 is 19.1 Å². The van der Waals surface area contributed by atoms with Crippen molar-refractivity contribution in [2.24, 2.45) is 0 Å². The maximum Gasteiger partial charge on any atom is 0.320 e. The molecule has 1 aromatic carbocycles. The number of benzene rings is 1. The lowest BCUT2D eigenvalue weighted by atomic mass is 10.1. The fourth-order valence-corrected chi connectivity index (χ4v) is 4.24. The summed E-state index contributed by atoms with van der Waals surface area (Å²) in [6.07, 6.45) is 0. The average Bonchev–Trinajstić information content (AvgIpc) is 2.80. The highest BCUT2D eigenvalue weighted by Gasteiger charge is 2.38. The van der Waals surface area contributed by atoms with Crippen molar-refractivity contribution in [2.45, 2.75) is 5.25 Å². The number of imide groups is 1. The molecule has 2 aliphatic rings. The van der Waals surface area contributed by atoms with Crippen molar-refractivity contribution in [1.29, 1.82) is 0 Å². The van der Waals surface area contributed by atoms with Gasteiger partial charge in [-0.1, -0.05) is 23.2 Å². The quantitative estimate of drug-likeness (QED) is 0.583. The number of carbonyl (C=O) groups is 3. The Morgan fingerprint density at radius 1 is 1.25 bits per heavy atom. The number of hydrogen-bond acceptors (Lipinski definition) is 6. The lowest BCUT2D eigenvalue weighted by Gasteiger charge is -2.32. The van der Waals surface area contributed by atoms with E-state index in [1.165, 1.54) is 31.0 Å². The van der Waals surface area contributed by atoms with Gasteiger partial charge in [-0.05, 0) is 12.1 Å². The molecule has 1 saturated heterocycles. The topological polar surface area (TPSA) is 66.9 Å². The van der Waals surface area contributed by atoms with Gasteiger partial charge in [0.25, 0.3) is 11.8 Å². The van der Waals surface area contributed by atoms with Crippen LogP contribution in [0.15, 0.2) is 12.1 Å². The van der Waals surface area contributed by atoms with Crippen molar-refractivity contribution in [3.63, 3.8) is 0 Å². The van der Waals surface area contributed by atoms with Gasteiger partial charge in [0.1, 0.15) is 5.25 Å². The third-order valence-electron chi connectivity index (χ3n) is 3.97. The Morgan fingerprint density at radius 2 is 1.83 bits per heavy atom. The van der Waals surface area contributed by atoms with Crippen molar-refractivity contribution in [2.75, 3.05) is 32.6 Å². The lowest BCUT2D eigenvalue weighted by molar-refractivity contribution is -0.140. The molecule has 0 saturated carbocycles. The van der Waals surface area contributed by atoms with Gasteiger partial charge in [-0.3, -0.25) is 24.2 Å². The van der Waals surface area contributed by atoms with E-state index in [1.807, 2.05) is 4.90 Å². The van der Waals surface area contributed by atoms with Crippen LogP contribution in [0, 0.1) is 0 Å². The summed E-state index contributed by atoms with van der Waals surface area (Å²) in [6, 6.07) is 2.84. The van der Waals surface area contributed by atoms with Crippen LogP contribution in [0.25, 0.3) is 0 Å². The highest BCUT2D eigenvalue weighted by Crippen LogP contribution is 2.32. The first-order valence-corrected chi connectivity index (χ1v) is 9.00. The lowest BCUT2D eigenvalue weighted by Crippen LogP contribution is -2.48. The van der Waals surface area contributed by atoms with Crippen LogP contribution in [0.1, 0.15) is 20.7 Å². The zero-order valence-electron chi connectivity index (χ0n) is 12.8. The Kier molecular flexibility index (Phi) is 5.05. The van der Waals surface area contributed by atoms with Gasteiger partial charge in [0.15, 0.2) is 0 Å². The van der Waals surface area contributed by atoms with Crippen LogP contribution in [0.5, 0.6) is 0 Å². The van der Waals surface area contributed by atoms with E-state index in [-0.39, 0.29) is 39.1 Å². The van der Waals surface area contributed by atoms with Crippen LogP contribution in [0.4, 0.5) is 0 Å². The van der Waals surface area contributed by atoms with Gasteiger partial charge in [0, 0.05) is 18.8 Å². The number of fused-ring (bicyclic) bond motifs is 1. The maximum atomic E-state index is 12.5. The number of halogens is 2. The maximum absolute atomic E-state index is 12.5. The van der Waals surface area contributed by atoms with Crippen LogP contribution in [0.2, 0.25) is 10.0 Å². The second-order valence-electron chi connectivity index (χ2n) is 5.45. The molecular weight excluding hydrogens is 375 g/mol. The van der Waals surface area contributed by atoms with E-state index in [2.05, 4.69) is 0 Å². The minimum atomic E-state index is -0.401. The number of rotatable bonds is 3. The standard InChI is InChI=1S/C15H14Cl2N2O4S/c1-23-15(22)12-6-18(2-3-24-12)7-19-13(20)8-4-10(16)11(17)5-9(8)14(19)21/h4-5,12H,2-3,6-7H2,1H3/t12-/m1/s1. The number of hydrogen-bond donors (Lipinski definition) is 0. The molecular formula is C15H14Cl2N2O4S. The largest absolute Gasteiger partial charge is 0.468 e. The second kappa shape index (κ2) is 6.92. The van der Waals surface area contributed by atoms with Crippen LogP contribution < -0.4 is 0 Å². The van der Waals surface area contributed by atoms with Gasteiger partial charge in [-0.25, -0.2) is 0 Å². The van der Waals surface area contributed by atoms with Gasteiger partial charge < -0.3 is 4.74 Å². The smallest absolute Gasteiger partial charge is 0.320 e. The van der Waals surface area contributed by atoms with E-state index >= 15 is 0 Å². The highest BCUT2D eigenvalue weighted by atomic mass is 35.5. The molecule has 3 rings (SSSR count).